The molecule has 2 aromatic rings. The van der Waals surface area contributed by atoms with E-state index in [2.05, 4.69) is 20.2 Å². The lowest BCUT2D eigenvalue weighted by atomic mass is 10.1. The van der Waals surface area contributed by atoms with Gasteiger partial charge in [-0.2, -0.15) is 0 Å². The van der Waals surface area contributed by atoms with E-state index >= 15 is 0 Å². The first kappa shape index (κ1) is 15.3. The Morgan fingerprint density at radius 2 is 1.96 bits per heavy atom. The lowest BCUT2D eigenvalue weighted by Gasteiger charge is -2.28. The maximum Gasteiger partial charge on any atom is 0.227 e. The summed E-state index contributed by atoms with van der Waals surface area (Å²) in [5, 5.41) is 4.05. The summed E-state index contributed by atoms with van der Waals surface area (Å²) in [5.41, 5.74) is 1.67. The van der Waals surface area contributed by atoms with Crippen LogP contribution in [0.5, 0.6) is 0 Å². The van der Waals surface area contributed by atoms with Crippen molar-refractivity contribution in [3.8, 4) is 0 Å². The molecule has 0 bridgehead atoms. The van der Waals surface area contributed by atoms with Crippen molar-refractivity contribution >= 4 is 28.3 Å². The number of aromatic nitrogens is 2. The Hall–Kier alpha value is -2.21. The number of morpholine rings is 1. The molecule has 6 nitrogen and oxygen atoms in total. The van der Waals surface area contributed by atoms with E-state index < -0.39 is 0 Å². The van der Waals surface area contributed by atoms with Gasteiger partial charge in [0.15, 0.2) is 0 Å². The number of rotatable bonds is 3. The first-order chi connectivity index (χ1) is 11.8. The highest BCUT2D eigenvalue weighted by molar-refractivity contribution is 5.97. The summed E-state index contributed by atoms with van der Waals surface area (Å²) in [6, 6.07) is 5.89. The van der Waals surface area contributed by atoms with Crippen LogP contribution in [0.15, 0.2) is 24.5 Å². The highest BCUT2D eigenvalue weighted by Crippen LogP contribution is 2.28. The fraction of sp³-hybridized carbons (Fsp3) is 0.500. The van der Waals surface area contributed by atoms with E-state index in [1.807, 2.05) is 18.2 Å². The first-order valence-corrected chi connectivity index (χ1v) is 8.69. The summed E-state index contributed by atoms with van der Waals surface area (Å²) in [5.74, 6) is 1.24. The van der Waals surface area contributed by atoms with Gasteiger partial charge in [-0.25, -0.2) is 9.97 Å². The predicted molar refractivity (Wildman–Crippen MR) is 93.2 cm³/mol. The molecule has 1 aliphatic carbocycles. The Kier molecular flexibility index (Phi) is 4.30. The fourth-order valence-corrected chi connectivity index (χ4v) is 3.58. The Bertz CT molecular complexity index is 737. The molecule has 0 atom stereocenters. The molecule has 2 heterocycles. The zero-order chi connectivity index (χ0) is 16.4. The second-order valence-electron chi connectivity index (χ2n) is 6.50. The van der Waals surface area contributed by atoms with Gasteiger partial charge in [0.05, 0.1) is 18.7 Å². The van der Waals surface area contributed by atoms with Crippen LogP contribution in [-0.2, 0) is 9.53 Å². The van der Waals surface area contributed by atoms with Crippen LogP contribution in [0.1, 0.15) is 25.7 Å². The van der Waals surface area contributed by atoms with Crippen molar-refractivity contribution in [2.75, 3.05) is 36.5 Å². The van der Waals surface area contributed by atoms with E-state index in [4.69, 9.17) is 4.74 Å². The molecular weight excluding hydrogens is 304 g/mol. The minimum Gasteiger partial charge on any atom is -0.378 e. The second-order valence-corrected chi connectivity index (χ2v) is 6.50. The van der Waals surface area contributed by atoms with Crippen LogP contribution in [0.25, 0.3) is 10.9 Å². The van der Waals surface area contributed by atoms with Crippen molar-refractivity contribution in [3.63, 3.8) is 0 Å². The molecular formula is C18H22N4O2. The molecule has 0 spiro atoms. The van der Waals surface area contributed by atoms with E-state index in [0.717, 1.165) is 74.4 Å². The summed E-state index contributed by atoms with van der Waals surface area (Å²) in [6.45, 7) is 3.13. The molecule has 0 radical (unpaired) electrons. The van der Waals surface area contributed by atoms with Crippen LogP contribution in [0.4, 0.5) is 11.5 Å². The smallest absolute Gasteiger partial charge is 0.227 e. The minimum atomic E-state index is 0.134. The molecule has 1 aromatic heterocycles. The second kappa shape index (κ2) is 6.73. The van der Waals surface area contributed by atoms with Crippen LogP contribution in [0, 0.1) is 5.92 Å². The van der Waals surface area contributed by atoms with Crippen molar-refractivity contribution in [2.24, 2.45) is 5.92 Å². The Morgan fingerprint density at radius 1 is 1.17 bits per heavy atom. The van der Waals surface area contributed by atoms with Gasteiger partial charge < -0.3 is 15.0 Å². The molecule has 0 unspecified atom stereocenters. The molecule has 1 saturated heterocycles. The number of hydrogen-bond donors (Lipinski definition) is 1. The SMILES string of the molecule is O=C(Nc1ccc2c(N3CCOCC3)ncnc2c1)C1CCCC1. The zero-order valence-corrected chi connectivity index (χ0v) is 13.7. The molecule has 4 rings (SSSR count). The molecule has 24 heavy (non-hydrogen) atoms. The number of anilines is 2. The maximum absolute atomic E-state index is 12.3. The summed E-state index contributed by atoms with van der Waals surface area (Å²) in [4.78, 5) is 23.4. The fourth-order valence-electron chi connectivity index (χ4n) is 3.58. The van der Waals surface area contributed by atoms with Crippen molar-refractivity contribution in [3.05, 3.63) is 24.5 Å². The van der Waals surface area contributed by atoms with E-state index in [9.17, 15) is 4.79 Å². The third-order valence-electron chi connectivity index (χ3n) is 4.92. The zero-order valence-electron chi connectivity index (χ0n) is 13.7. The number of amides is 1. The summed E-state index contributed by atoms with van der Waals surface area (Å²) in [7, 11) is 0. The number of carbonyl (C=O) groups is 1. The topological polar surface area (TPSA) is 67.4 Å². The molecule has 1 saturated carbocycles. The molecule has 2 aliphatic rings. The molecule has 2 fully saturated rings. The van der Waals surface area contributed by atoms with Crippen LogP contribution in [0.2, 0.25) is 0 Å². The standard InChI is InChI=1S/C18H22N4O2/c23-18(13-3-1-2-4-13)21-14-5-6-15-16(11-14)19-12-20-17(15)22-7-9-24-10-8-22/h5-6,11-13H,1-4,7-10H2,(H,21,23). The van der Waals surface area contributed by atoms with E-state index in [1.54, 1.807) is 6.33 Å². The molecule has 1 aromatic carbocycles. The Labute approximate surface area is 141 Å². The van der Waals surface area contributed by atoms with Gasteiger partial charge in [0.25, 0.3) is 0 Å². The van der Waals surface area contributed by atoms with Crippen molar-refractivity contribution in [2.45, 2.75) is 25.7 Å². The number of carbonyl (C=O) groups excluding carboxylic acids is 1. The highest BCUT2D eigenvalue weighted by atomic mass is 16.5. The average Bonchev–Trinajstić information content (AvgIpc) is 3.16. The van der Waals surface area contributed by atoms with E-state index in [-0.39, 0.29) is 11.8 Å². The van der Waals surface area contributed by atoms with E-state index in [0.29, 0.717) is 0 Å². The van der Waals surface area contributed by atoms with Gasteiger partial charge in [-0.1, -0.05) is 12.8 Å². The molecule has 6 heteroatoms. The number of fused-ring (bicyclic) bond motifs is 1. The molecule has 1 aliphatic heterocycles. The Balaban J connectivity index is 1.58. The normalized spacial score (nSPS) is 18.9. The Morgan fingerprint density at radius 3 is 2.75 bits per heavy atom. The first-order valence-electron chi connectivity index (χ1n) is 8.69. The number of nitrogens with one attached hydrogen (secondary N) is 1. The van der Waals surface area contributed by atoms with Gasteiger partial charge in [0.2, 0.25) is 5.91 Å². The monoisotopic (exact) mass is 326 g/mol. The predicted octanol–water partition coefficient (Wildman–Crippen LogP) is 2.60. The number of ether oxygens (including phenoxy) is 1. The highest BCUT2D eigenvalue weighted by Gasteiger charge is 2.23. The third kappa shape index (κ3) is 3.06. The van der Waals surface area contributed by atoms with Crippen LogP contribution in [0.3, 0.4) is 0 Å². The van der Waals surface area contributed by atoms with Crippen LogP contribution < -0.4 is 10.2 Å². The summed E-state index contributed by atoms with van der Waals surface area (Å²) < 4.78 is 5.41. The van der Waals surface area contributed by atoms with Gasteiger partial charge in [-0.3, -0.25) is 4.79 Å². The van der Waals surface area contributed by atoms with Crippen LogP contribution in [-0.4, -0.2) is 42.2 Å². The van der Waals surface area contributed by atoms with Crippen molar-refractivity contribution in [1.29, 1.82) is 0 Å². The third-order valence-corrected chi connectivity index (χ3v) is 4.92. The van der Waals surface area contributed by atoms with Gasteiger partial charge >= 0.3 is 0 Å². The molecule has 126 valence electrons. The lowest BCUT2D eigenvalue weighted by Crippen LogP contribution is -2.36. The molecule has 1 N–H and O–H groups in total. The number of hydrogen-bond acceptors (Lipinski definition) is 5. The van der Waals surface area contributed by atoms with Crippen LogP contribution >= 0.6 is 0 Å². The molecule has 1 amide bonds. The van der Waals surface area contributed by atoms with Crippen molar-refractivity contribution in [1.82, 2.24) is 9.97 Å². The van der Waals surface area contributed by atoms with Gasteiger partial charge in [0.1, 0.15) is 12.1 Å². The van der Waals surface area contributed by atoms with Gasteiger partial charge in [0, 0.05) is 30.1 Å². The number of benzene rings is 1. The van der Waals surface area contributed by atoms with E-state index in [1.165, 1.54) is 0 Å². The maximum atomic E-state index is 12.3. The van der Waals surface area contributed by atoms with Gasteiger partial charge in [-0.05, 0) is 31.0 Å². The van der Waals surface area contributed by atoms with Gasteiger partial charge in [-0.15, -0.1) is 0 Å². The summed E-state index contributed by atoms with van der Waals surface area (Å²) in [6.07, 6.45) is 5.92. The lowest BCUT2D eigenvalue weighted by molar-refractivity contribution is -0.119. The largest absolute Gasteiger partial charge is 0.378 e. The van der Waals surface area contributed by atoms with Crippen molar-refractivity contribution < 1.29 is 9.53 Å². The number of nitrogens with zero attached hydrogens (tertiary/aromatic N) is 3. The summed E-state index contributed by atoms with van der Waals surface area (Å²) >= 11 is 0. The minimum absolute atomic E-state index is 0.134. The average molecular weight is 326 g/mol. The quantitative estimate of drug-likeness (QED) is 0.939.